The van der Waals surface area contributed by atoms with Crippen molar-refractivity contribution in [1.82, 2.24) is 4.57 Å². The van der Waals surface area contributed by atoms with E-state index in [1.165, 1.54) is 0 Å². The van der Waals surface area contributed by atoms with Gasteiger partial charge in [-0.15, -0.1) is 0 Å². The van der Waals surface area contributed by atoms with Crippen LogP contribution in [0, 0.1) is 0 Å². The smallest absolute Gasteiger partial charge is 0.0645 e. The number of hydrogen-bond donors (Lipinski definition) is 0. The topological polar surface area (TPSA) is 4.93 Å². The first-order chi connectivity index (χ1) is 24.6. The van der Waals surface area contributed by atoms with Crippen LogP contribution in [-0.4, -0.2) is 4.57 Å². The lowest BCUT2D eigenvalue weighted by Gasteiger charge is -2.23. The number of fused-ring (bicyclic) bond motifs is 5. The Morgan fingerprint density at radius 3 is 1.98 bits per heavy atom. The van der Waals surface area contributed by atoms with Crippen LogP contribution in [0.4, 0.5) is 0 Å². The molecule has 42 heavy (non-hydrogen) atoms. The second-order valence-corrected chi connectivity index (χ2v) is 11.3. The van der Waals surface area contributed by atoms with Gasteiger partial charge in [0.15, 0.2) is 0 Å². The summed E-state index contributed by atoms with van der Waals surface area (Å²) in [6.45, 7) is 0. The number of para-hydroxylation sites is 3. The van der Waals surface area contributed by atoms with Gasteiger partial charge in [0.25, 0.3) is 0 Å². The van der Waals surface area contributed by atoms with Gasteiger partial charge in [0.05, 0.1) is 29.1 Å². The molecule has 0 N–H and O–H groups in total. The van der Waals surface area contributed by atoms with Crippen molar-refractivity contribution in [2.75, 3.05) is 0 Å². The molecule has 0 bridgehead atoms. The van der Waals surface area contributed by atoms with Crippen LogP contribution in [0.15, 0.2) is 161 Å². The maximum Gasteiger partial charge on any atom is 0.0645 e. The predicted molar refractivity (Wildman–Crippen MR) is 179 cm³/mol. The lowest BCUT2D eigenvalue weighted by atomic mass is 9.90. The van der Waals surface area contributed by atoms with E-state index >= 15 is 0 Å². The van der Waals surface area contributed by atoms with Crippen LogP contribution in [0.25, 0.3) is 71.6 Å². The lowest BCUT2D eigenvalue weighted by molar-refractivity contribution is 1.18. The van der Waals surface area contributed by atoms with Crippen molar-refractivity contribution in [1.29, 1.82) is 0 Å². The number of aromatic nitrogens is 1. The molecule has 0 fully saturated rings. The average molecular weight is 561 g/mol. The van der Waals surface area contributed by atoms with Gasteiger partial charge < -0.3 is 4.57 Å². The van der Waals surface area contributed by atoms with Gasteiger partial charge in [-0.05, 0) is 69.6 Å². The Labute approximate surface area is 261 Å². The molecule has 1 aromatic heterocycles. The minimum atomic E-state index is -0.437. The third kappa shape index (κ3) is 3.46. The second-order valence-electron chi connectivity index (χ2n) is 10.2. The van der Waals surface area contributed by atoms with E-state index in [1.54, 1.807) is 17.8 Å². The molecule has 0 aliphatic carbocycles. The van der Waals surface area contributed by atoms with Crippen LogP contribution >= 0.6 is 11.8 Å². The van der Waals surface area contributed by atoms with Crippen LogP contribution in [0.1, 0.15) is 12.3 Å². The van der Waals surface area contributed by atoms with Crippen LogP contribution in [0.2, 0.25) is 0 Å². The summed E-state index contributed by atoms with van der Waals surface area (Å²) in [5.74, 6) is 0. The van der Waals surface area contributed by atoms with Gasteiger partial charge >= 0.3 is 0 Å². The van der Waals surface area contributed by atoms with Crippen molar-refractivity contribution in [3.8, 4) is 39.1 Å². The Morgan fingerprint density at radius 2 is 1.17 bits per heavy atom. The SMILES string of the molecule is [2H]c1c([2H])c([2H])c(-c2ccc3c(c2)-c2cccc4c(-c5c([2H])c([2H])c([2H])c([2H])c5-n5c6ccccc6c6ccccc65)ccc(c24)S3)c([2H])c1[2H]. The van der Waals surface area contributed by atoms with Crippen molar-refractivity contribution < 1.29 is 12.3 Å². The molecular formula is C40H25NS. The molecule has 1 aliphatic rings. The van der Waals surface area contributed by atoms with Crippen molar-refractivity contribution in [3.63, 3.8) is 0 Å². The van der Waals surface area contributed by atoms with E-state index in [0.717, 1.165) is 53.5 Å². The molecule has 0 unspecified atom stereocenters. The van der Waals surface area contributed by atoms with E-state index in [-0.39, 0.29) is 53.9 Å². The molecule has 0 atom stereocenters. The first-order valence-electron chi connectivity index (χ1n) is 18.1. The summed E-state index contributed by atoms with van der Waals surface area (Å²) < 4.78 is 79.7. The lowest BCUT2D eigenvalue weighted by Crippen LogP contribution is -1.99. The van der Waals surface area contributed by atoms with Gasteiger partial charge in [-0.2, -0.15) is 0 Å². The number of hydrogen-bond acceptors (Lipinski definition) is 1. The van der Waals surface area contributed by atoms with E-state index in [4.69, 9.17) is 9.60 Å². The van der Waals surface area contributed by atoms with E-state index in [1.807, 2.05) is 95.6 Å². The molecule has 0 spiro atoms. The highest BCUT2D eigenvalue weighted by molar-refractivity contribution is 7.99. The minimum absolute atomic E-state index is 0.136. The van der Waals surface area contributed by atoms with Gasteiger partial charge in [0.1, 0.15) is 0 Å². The standard InChI is InChI=1S/C40H25NS/c1-2-11-26(12-3-1)27-21-23-38-34(25-27)33-17-10-16-32-28(22-24-39(42-38)40(32)33)29-13-4-7-18-35(29)41-36-19-8-5-14-30(36)31-15-6-9-20-37(31)41/h1-25H/i1D,2D,3D,4D,7D,11D,12D,13D,18D. The maximum absolute atomic E-state index is 9.31. The Kier molecular flexibility index (Phi) is 3.61. The molecule has 0 saturated heterocycles. The van der Waals surface area contributed by atoms with Crippen LogP contribution in [0.5, 0.6) is 0 Å². The van der Waals surface area contributed by atoms with E-state index in [2.05, 4.69) is 0 Å². The van der Waals surface area contributed by atoms with Crippen molar-refractivity contribution in [3.05, 3.63) is 151 Å². The van der Waals surface area contributed by atoms with Gasteiger partial charge in [-0.1, -0.05) is 127 Å². The fourth-order valence-electron chi connectivity index (χ4n) is 6.23. The average Bonchev–Trinajstić information content (AvgIpc) is 3.48. The highest BCUT2D eigenvalue weighted by Crippen LogP contribution is 2.51. The summed E-state index contributed by atoms with van der Waals surface area (Å²) in [6.07, 6.45) is 0. The van der Waals surface area contributed by atoms with E-state index in [9.17, 15) is 2.74 Å². The molecule has 2 heteroatoms. The summed E-state index contributed by atoms with van der Waals surface area (Å²) in [5.41, 5.74) is 5.44. The zero-order valence-corrected chi connectivity index (χ0v) is 22.9. The molecular weight excluding hydrogens is 527 g/mol. The molecule has 1 nitrogen and oxygen atoms in total. The zero-order valence-electron chi connectivity index (χ0n) is 31.1. The third-order valence-electron chi connectivity index (χ3n) is 8.02. The minimum Gasteiger partial charge on any atom is -0.309 e. The summed E-state index contributed by atoms with van der Waals surface area (Å²) >= 11 is 1.56. The fourth-order valence-corrected chi connectivity index (χ4v) is 7.34. The summed E-state index contributed by atoms with van der Waals surface area (Å²) in [5, 5.41) is 3.67. The Bertz CT molecular complexity index is 2760. The number of benzene rings is 7. The van der Waals surface area contributed by atoms with Gasteiger partial charge in [-0.3, -0.25) is 0 Å². The molecule has 196 valence electrons. The van der Waals surface area contributed by atoms with Gasteiger partial charge in [-0.25, -0.2) is 0 Å². The fraction of sp³-hybridized carbons (Fsp3) is 0. The molecule has 0 saturated carbocycles. The van der Waals surface area contributed by atoms with E-state index < -0.39 is 6.04 Å². The van der Waals surface area contributed by atoms with Crippen LogP contribution in [-0.2, 0) is 0 Å². The third-order valence-corrected chi connectivity index (χ3v) is 9.16. The van der Waals surface area contributed by atoms with E-state index in [0.29, 0.717) is 22.4 Å². The molecule has 2 heterocycles. The van der Waals surface area contributed by atoms with Gasteiger partial charge in [0, 0.05) is 31.5 Å². The molecule has 7 aromatic carbocycles. The van der Waals surface area contributed by atoms with Crippen LogP contribution < -0.4 is 0 Å². The molecule has 8 aromatic rings. The summed E-state index contributed by atoms with van der Waals surface area (Å²) in [6, 6.07) is 28.5. The highest BCUT2D eigenvalue weighted by Gasteiger charge is 2.23. The second kappa shape index (κ2) is 9.24. The first-order valence-corrected chi connectivity index (χ1v) is 14.4. The molecule has 9 rings (SSSR count). The largest absolute Gasteiger partial charge is 0.309 e. The number of rotatable bonds is 3. The highest BCUT2D eigenvalue weighted by atomic mass is 32.2. The Morgan fingerprint density at radius 1 is 0.476 bits per heavy atom. The normalized spacial score (nSPS) is 15.2. The quantitative estimate of drug-likeness (QED) is 0.208. The summed E-state index contributed by atoms with van der Waals surface area (Å²) in [4.78, 5) is 1.93. The Balaban J connectivity index is 1.34. The maximum atomic E-state index is 9.31. The van der Waals surface area contributed by atoms with Crippen molar-refractivity contribution in [2.45, 2.75) is 9.79 Å². The molecule has 0 amide bonds. The predicted octanol–water partition coefficient (Wildman–Crippen LogP) is 11.4. The summed E-state index contributed by atoms with van der Waals surface area (Å²) in [7, 11) is 0. The molecule has 1 aliphatic heterocycles. The zero-order chi connectivity index (χ0) is 35.5. The van der Waals surface area contributed by atoms with Crippen molar-refractivity contribution >= 4 is 44.3 Å². The van der Waals surface area contributed by atoms with Crippen LogP contribution in [0.3, 0.4) is 0 Å². The van der Waals surface area contributed by atoms with Gasteiger partial charge in [0.2, 0.25) is 0 Å². The van der Waals surface area contributed by atoms with Crippen molar-refractivity contribution in [2.24, 2.45) is 0 Å². The number of nitrogens with zero attached hydrogens (tertiary/aromatic N) is 1. The monoisotopic (exact) mass is 560 g/mol. The Hall–Kier alpha value is -5.05. The first kappa shape index (κ1) is 16.4. The molecule has 0 radical (unpaired) electrons.